The highest BCUT2D eigenvalue weighted by Crippen LogP contribution is 2.31. The molecule has 0 radical (unpaired) electrons. The molecule has 6 heteroatoms. The van der Waals surface area contributed by atoms with Gasteiger partial charge in [0.1, 0.15) is 5.52 Å². The maximum atomic E-state index is 13.7. The first-order chi connectivity index (χ1) is 8.15. The van der Waals surface area contributed by atoms with Crippen LogP contribution in [0.1, 0.15) is 4.88 Å². The third-order valence-electron chi connectivity index (χ3n) is 2.47. The molecule has 3 rings (SSSR count). The fourth-order valence-corrected chi connectivity index (χ4v) is 2.46. The van der Waals surface area contributed by atoms with E-state index in [0.717, 1.165) is 4.88 Å². The second-order valence-electron chi connectivity index (χ2n) is 3.62. The van der Waals surface area contributed by atoms with E-state index in [4.69, 9.17) is 10.2 Å². The van der Waals surface area contributed by atoms with Crippen LogP contribution in [0, 0.1) is 12.7 Å². The summed E-state index contributed by atoms with van der Waals surface area (Å²) >= 11 is 1.38. The number of hydrogen-bond donors (Lipinski definition) is 1. The van der Waals surface area contributed by atoms with Crippen molar-refractivity contribution < 1.29 is 8.81 Å². The molecule has 0 spiro atoms. The van der Waals surface area contributed by atoms with Crippen molar-refractivity contribution in [2.45, 2.75) is 6.92 Å². The monoisotopic (exact) mass is 249 g/mol. The maximum absolute atomic E-state index is 13.7. The van der Waals surface area contributed by atoms with E-state index in [1.165, 1.54) is 23.8 Å². The van der Waals surface area contributed by atoms with Crippen molar-refractivity contribution in [3.63, 3.8) is 0 Å². The van der Waals surface area contributed by atoms with Gasteiger partial charge in [-0.2, -0.15) is 0 Å². The molecule has 3 aromatic rings. The van der Waals surface area contributed by atoms with Gasteiger partial charge in [0.2, 0.25) is 0 Å². The summed E-state index contributed by atoms with van der Waals surface area (Å²) in [5, 5.41) is 0.471. The molecule has 0 aliphatic rings. The highest BCUT2D eigenvalue weighted by atomic mass is 32.1. The molecular weight excluding hydrogens is 241 g/mol. The van der Waals surface area contributed by atoms with E-state index >= 15 is 0 Å². The molecule has 0 atom stereocenters. The predicted molar refractivity (Wildman–Crippen MR) is 64.2 cm³/mol. The molecule has 0 aliphatic heterocycles. The standard InChI is InChI=1S/C11H8FN3OS/c1-5-9(15-11(13)17-5)6-2-7(12)10-8(3-6)14-4-16-10/h2-4H,1H3,(H2,13,15). The molecule has 0 saturated heterocycles. The van der Waals surface area contributed by atoms with Gasteiger partial charge in [-0.3, -0.25) is 0 Å². The second-order valence-corrected chi connectivity index (χ2v) is 4.85. The van der Waals surface area contributed by atoms with Gasteiger partial charge in [0.25, 0.3) is 0 Å². The summed E-state index contributed by atoms with van der Waals surface area (Å²) in [5.74, 6) is -0.444. The van der Waals surface area contributed by atoms with E-state index in [-0.39, 0.29) is 5.58 Å². The lowest BCUT2D eigenvalue weighted by Gasteiger charge is -1.99. The summed E-state index contributed by atoms with van der Waals surface area (Å²) in [5.41, 5.74) is 7.62. The van der Waals surface area contributed by atoms with Gasteiger partial charge in [-0.05, 0) is 19.1 Å². The molecule has 2 aromatic heterocycles. The van der Waals surface area contributed by atoms with Crippen molar-refractivity contribution in [1.29, 1.82) is 0 Å². The predicted octanol–water partition coefficient (Wildman–Crippen LogP) is 2.98. The Bertz CT molecular complexity index is 704. The number of oxazole rings is 1. The van der Waals surface area contributed by atoms with Gasteiger partial charge in [0.05, 0.1) is 5.69 Å². The molecule has 4 nitrogen and oxygen atoms in total. The molecule has 0 unspecified atom stereocenters. The third kappa shape index (κ3) is 1.57. The van der Waals surface area contributed by atoms with Crippen molar-refractivity contribution in [1.82, 2.24) is 9.97 Å². The highest BCUT2D eigenvalue weighted by molar-refractivity contribution is 7.15. The van der Waals surface area contributed by atoms with Gasteiger partial charge in [-0.25, -0.2) is 14.4 Å². The lowest BCUT2D eigenvalue weighted by atomic mass is 10.1. The molecule has 0 fully saturated rings. The quantitative estimate of drug-likeness (QED) is 0.720. The minimum absolute atomic E-state index is 0.162. The molecule has 2 N–H and O–H groups in total. The zero-order chi connectivity index (χ0) is 12.0. The van der Waals surface area contributed by atoms with Crippen LogP contribution in [0.15, 0.2) is 22.9 Å². The number of nitrogens with zero attached hydrogens (tertiary/aromatic N) is 2. The first-order valence-corrected chi connectivity index (χ1v) is 5.73. The first-order valence-electron chi connectivity index (χ1n) is 4.91. The summed E-state index contributed by atoms with van der Waals surface area (Å²) in [6.07, 6.45) is 1.22. The third-order valence-corrected chi connectivity index (χ3v) is 3.27. The lowest BCUT2D eigenvalue weighted by Crippen LogP contribution is -1.86. The Morgan fingerprint density at radius 2 is 2.24 bits per heavy atom. The summed E-state index contributed by atoms with van der Waals surface area (Å²) in [4.78, 5) is 9.07. The zero-order valence-corrected chi connectivity index (χ0v) is 9.71. The number of aryl methyl sites for hydroxylation is 1. The SMILES string of the molecule is Cc1sc(N)nc1-c1cc(F)c2ocnc2c1. The number of fused-ring (bicyclic) bond motifs is 1. The van der Waals surface area contributed by atoms with Crippen molar-refractivity contribution in [2.75, 3.05) is 5.73 Å². The lowest BCUT2D eigenvalue weighted by molar-refractivity contribution is 0.554. The molecule has 0 bridgehead atoms. The second kappa shape index (κ2) is 3.53. The number of anilines is 1. The molecule has 86 valence electrons. The van der Waals surface area contributed by atoms with E-state index in [2.05, 4.69) is 9.97 Å². The Balaban J connectivity index is 2.27. The number of aromatic nitrogens is 2. The van der Waals surface area contributed by atoms with Crippen LogP contribution in [0.2, 0.25) is 0 Å². The van der Waals surface area contributed by atoms with E-state index in [0.29, 0.717) is 21.9 Å². The molecule has 0 amide bonds. The molecule has 1 aromatic carbocycles. The largest absolute Gasteiger partial charge is 0.440 e. The molecule has 2 heterocycles. The zero-order valence-electron chi connectivity index (χ0n) is 8.90. The Kier molecular flexibility index (Phi) is 2.12. The number of nitrogen functional groups attached to an aromatic ring is 1. The van der Waals surface area contributed by atoms with Gasteiger partial charge in [-0.1, -0.05) is 0 Å². The van der Waals surface area contributed by atoms with E-state index in [1.807, 2.05) is 6.92 Å². The fourth-order valence-electron chi connectivity index (χ4n) is 1.75. The van der Waals surface area contributed by atoms with Crippen LogP contribution >= 0.6 is 11.3 Å². The van der Waals surface area contributed by atoms with Gasteiger partial charge in [0.15, 0.2) is 22.9 Å². The van der Waals surface area contributed by atoms with E-state index in [1.54, 1.807) is 6.07 Å². The number of hydrogen-bond acceptors (Lipinski definition) is 5. The Morgan fingerprint density at radius 3 is 2.94 bits per heavy atom. The molecular formula is C11H8FN3OS. The smallest absolute Gasteiger partial charge is 0.190 e. The number of rotatable bonds is 1. The fraction of sp³-hybridized carbons (Fsp3) is 0.0909. The summed E-state index contributed by atoms with van der Waals surface area (Å²) < 4.78 is 18.7. The number of thiazole rings is 1. The summed E-state index contributed by atoms with van der Waals surface area (Å²) in [6, 6.07) is 3.12. The van der Waals surface area contributed by atoms with Gasteiger partial charge >= 0.3 is 0 Å². The molecule has 0 saturated carbocycles. The van der Waals surface area contributed by atoms with Crippen molar-refractivity contribution in [3.8, 4) is 11.3 Å². The molecule has 17 heavy (non-hydrogen) atoms. The number of nitrogens with two attached hydrogens (primary N) is 1. The Hall–Kier alpha value is -1.95. The van der Waals surface area contributed by atoms with E-state index in [9.17, 15) is 4.39 Å². The minimum atomic E-state index is -0.444. The van der Waals surface area contributed by atoms with Crippen molar-refractivity contribution in [3.05, 3.63) is 29.2 Å². The van der Waals surface area contributed by atoms with Crippen LogP contribution in [0.5, 0.6) is 0 Å². The normalized spacial score (nSPS) is 11.2. The minimum Gasteiger partial charge on any atom is -0.440 e. The highest BCUT2D eigenvalue weighted by Gasteiger charge is 2.13. The van der Waals surface area contributed by atoms with E-state index < -0.39 is 5.82 Å². The molecule has 0 aliphatic carbocycles. The van der Waals surface area contributed by atoms with Crippen molar-refractivity contribution >= 4 is 27.6 Å². The average Bonchev–Trinajstić information content (AvgIpc) is 2.84. The van der Waals surface area contributed by atoms with Gasteiger partial charge in [0, 0.05) is 10.4 Å². The van der Waals surface area contributed by atoms with Crippen LogP contribution in [0.3, 0.4) is 0 Å². The van der Waals surface area contributed by atoms with Crippen LogP contribution in [0.25, 0.3) is 22.4 Å². The Labute approximate surface area is 99.9 Å². The Morgan fingerprint density at radius 1 is 1.41 bits per heavy atom. The topological polar surface area (TPSA) is 64.9 Å². The number of halogens is 1. The van der Waals surface area contributed by atoms with Crippen LogP contribution in [-0.4, -0.2) is 9.97 Å². The summed E-state index contributed by atoms with van der Waals surface area (Å²) in [6.45, 7) is 1.90. The van der Waals surface area contributed by atoms with Crippen LogP contribution in [-0.2, 0) is 0 Å². The first kappa shape index (κ1) is 10.2. The summed E-state index contributed by atoms with van der Waals surface area (Å²) in [7, 11) is 0. The maximum Gasteiger partial charge on any atom is 0.190 e. The van der Waals surface area contributed by atoms with Crippen LogP contribution in [0.4, 0.5) is 9.52 Å². The van der Waals surface area contributed by atoms with Crippen molar-refractivity contribution in [2.24, 2.45) is 0 Å². The average molecular weight is 249 g/mol. The number of benzene rings is 1. The van der Waals surface area contributed by atoms with Gasteiger partial charge < -0.3 is 10.2 Å². The van der Waals surface area contributed by atoms with Gasteiger partial charge in [-0.15, -0.1) is 11.3 Å². The van der Waals surface area contributed by atoms with Crippen LogP contribution < -0.4 is 5.73 Å².